The van der Waals surface area contributed by atoms with Gasteiger partial charge in [-0.05, 0) is 25.8 Å². The number of anilines is 2. The highest BCUT2D eigenvalue weighted by Gasteiger charge is 2.22. The Morgan fingerprint density at radius 2 is 2.22 bits per heavy atom. The minimum atomic E-state index is 0.204. The molecule has 1 saturated carbocycles. The SMILES string of the molecule is CCNc1cc(N(CCO)C2CCCC2)ccn1. The van der Waals surface area contributed by atoms with Crippen LogP contribution in [0.3, 0.4) is 0 Å². The fraction of sp³-hybridized carbons (Fsp3) is 0.643. The third-order valence-corrected chi connectivity index (χ3v) is 3.54. The first-order valence-electron chi connectivity index (χ1n) is 6.92. The second kappa shape index (κ2) is 6.59. The van der Waals surface area contributed by atoms with Crippen molar-refractivity contribution in [3.05, 3.63) is 18.3 Å². The summed E-state index contributed by atoms with van der Waals surface area (Å²) in [5, 5.41) is 12.5. The smallest absolute Gasteiger partial charge is 0.127 e. The third kappa shape index (κ3) is 3.13. The molecule has 0 radical (unpaired) electrons. The van der Waals surface area contributed by atoms with Crippen molar-refractivity contribution in [1.29, 1.82) is 0 Å². The Hall–Kier alpha value is -1.29. The molecule has 0 amide bonds. The molecular weight excluding hydrogens is 226 g/mol. The Labute approximate surface area is 109 Å². The molecule has 0 unspecified atom stereocenters. The van der Waals surface area contributed by atoms with Crippen LogP contribution in [-0.4, -0.2) is 35.8 Å². The van der Waals surface area contributed by atoms with E-state index in [1.807, 2.05) is 12.3 Å². The van der Waals surface area contributed by atoms with Crippen LogP contribution in [-0.2, 0) is 0 Å². The molecule has 0 aliphatic heterocycles. The molecule has 0 saturated heterocycles. The molecule has 1 fully saturated rings. The number of aliphatic hydroxyl groups excluding tert-OH is 1. The van der Waals surface area contributed by atoms with Crippen LogP contribution in [0.2, 0.25) is 0 Å². The normalized spacial score (nSPS) is 15.9. The van der Waals surface area contributed by atoms with Gasteiger partial charge in [-0.3, -0.25) is 0 Å². The van der Waals surface area contributed by atoms with Crippen molar-refractivity contribution in [2.24, 2.45) is 0 Å². The van der Waals surface area contributed by atoms with Gasteiger partial charge in [-0.15, -0.1) is 0 Å². The molecule has 1 aliphatic carbocycles. The van der Waals surface area contributed by atoms with Gasteiger partial charge >= 0.3 is 0 Å². The molecule has 1 heterocycles. The number of hydrogen-bond acceptors (Lipinski definition) is 4. The van der Waals surface area contributed by atoms with Gasteiger partial charge in [-0.1, -0.05) is 12.8 Å². The van der Waals surface area contributed by atoms with Gasteiger partial charge in [0.15, 0.2) is 0 Å². The molecule has 4 nitrogen and oxygen atoms in total. The molecule has 0 bridgehead atoms. The highest BCUT2D eigenvalue weighted by molar-refractivity contribution is 5.54. The standard InChI is InChI=1S/C14H23N3O/c1-2-15-14-11-13(7-8-16-14)17(9-10-18)12-5-3-4-6-12/h7-8,11-12,18H,2-6,9-10H2,1H3,(H,15,16). The maximum Gasteiger partial charge on any atom is 0.127 e. The Morgan fingerprint density at radius 1 is 1.44 bits per heavy atom. The Morgan fingerprint density at radius 3 is 2.89 bits per heavy atom. The lowest BCUT2D eigenvalue weighted by atomic mass is 10.2. The Bertz CT molecular complexity index is 364. The van der Waals surface area contributed by atoms with Gasteiger partial charge < -0.3 is 15.3 Å². The van der Waals surface area contributed by atoms with Crippen LogP contribution in [0.5, 0.6) is 0 Å². The average molecular weight is 249 g/mol. The molecule has 4 heteroatoms. The van der Waals surface area contributed by atoms with E-state index in [0.29, 0.717) is 12.6 Å². The first-order valence-corrected chi connectivity index (χ1v) is 6.92. The van der Waals surface area contributed by atoms with E-state index in [1.165, 1.54) is 31.4 Å². The Balaban J connectivity index is 2.15. The fourth-order valence-corrected chi connectivity index (χ4v) is 2.72. The zero-order valence-electron chi connectivity index (χ0n) is 11.1. The average Bonchev–Trinajstić information content (AvgIpc) is 2.90. The topological polar surface area (TPSA) is 48.4 Å². The molecule has 0 spiro atoms. The zero-order chi connectivity index (χ0) is 12.8. The van der Waals surface area contributed by atoms with Gasteiger partial charge in [0.2, 0.25) is 0 Å². The minimum absolute atomic E-state index is 0.204. The van der Waals surface area contributed by atoms with Crippen molar-refractivity contribution in [3.63, 3.8) is 0 Å². The zero-order valence-corrected chi connectivity index (χ0v) is 11.1. The summed E-state index contributed by atoms with van der Waals surface area (Å²) in [4.78, 5) is 6.63. The fourth-order valence-electron chi connectivity index (χ4n) is 2.72. The van der Waals surface area contributed by atoms with Crippen molar-refractivity contribution in [1.82, 2.24) is 4.98 Å². The van der Waals surface area contributed by atoms with E-state index >= 15 is 0 Å². The summed E-state index contributed by atoms with van der Waals surface area (Å²) in [7, 11) is 0. The lowest BCUT2D eigenvalue weighted by molar-refractivity contribution is 0.297. The number of hydrogen-bond donors (Lipinski definition) is 2. The van der Waals surface area contributed by atoms with Gasteiger partial charge in [0.1, 0.15) is 5.82 Å². The van der Waals surface area contributed by atoms with Crippen LogP contribution in [0.15, 0.2) is 18.3 Å². The van der Waals surface area contributed by atoms with Gasteiger partial charge in [-0.2, -0.15) is 0 Å². The first-order chi connectivity index (χ1) is 8.85. The second-order valence-corrected chi connectivity index (χ2v) is 4.78. The molecule has 1 aliphatic rings. The van der Waals surface area contributed by atoms with Crippen molar-refractivity contribution in [2.45, 2.75) is 38.6 Å². The maximum atomic E-state index is 9.26. The lowest BCUT2D eigenvalue weighted by Crippen LogP contribution is -2.35. The number of nitrogens with zero attached hydrogens (tertiary/aromatic N) is 2. The molecule has 2 rings (SSSR count). The summed E-state index contributed by atoms with van der Waals surface area (Å²) in [5.74, 6) is 0.913. The summed E-state index contributed by atoms with van der Waals surface area (Å²) in [6.45, 7) is 3.85. The molecule has 1 aromatic heterocycles. The highest BCUT2D eigenvalue weighted by atomic mass is 16.3. The van der Waals surface area contributed by atoms with Gasteiger partial charge in [-0.25, -0.2) is 4.98 Å². The van der Waals surface area contributed by atoms with Gasteiger partial charge in [0.25, 0.3) is 0 Å². The molecule has 0 aromatic carbocycles. The minimum Gasteiger partial charge on any atom is -0.395 e. The van der Waals surface area contributed by atoms with Crippen molar-refractivity contribution < 1.29 is 5.11 Å². The summed E-state index contributed by atoms with van der Waals surface area (Å²) < 4.78 is 0. The van der Waals surface area contributed by atoms with E-state index in [2.05, 4.69) is 28.2 Å². The number of pyridine rings is 1. The van der Waals surface area contributed by atoms with Crippen LogP contribution in [0, 0.1) is 0 Å². The van der Waals surface area contributed by atoms with E-state index in [4.69, 9.17) is 0 Å². The van der Waals surface area contributed by atoms with E-state index in [-0.39, 0.29) is 6.61 Å². The monoisotopic (exact) mass is 249 g/mol. The molecule has 0 atom stereocenters. The van der Waals surface area contributed by atoms with Crippen molar-refractivity contribution in [3.8, 4) is 0 Å². The van der Waals surface area contributed by atoms with E-state index < -0.39 is 0 Å². The predicted octanol–water partition coefficient (Wildman–Crippen LogP) is 2.25. The first kappa shape index (κ1) is 13.1. The third-order valence-electron chi connectivity index (χ3n) is 3.54. The summed E-state index contributed by atoms with van der Waals surface area (Å²) in [5.41, 5.74) is 1.17. The quantitative estimate of drug-likeness (QED) is 0.812. The van der Waals surface area contributed by atoms with Crippen LogP contribution in [0.25, 0.3) is 0 Å². The van der Waals surface area contributed by atoms with Crippen molar-refractivity contribution in [2.75, 3.05) is 29.9 Å². The van der Waals surface area contributed by atoms with E-state index in [1.54, 1.807) is 0 Å². The number of nitrogens with one attached hydrogen (secondary N) is 1. The molecule has 2 N–H and O–H groups in total. The van der Waals surface area contributed by atoms with Crippen LogP contribution < -0.4 is 10.2 Å². The van der Waals surface area contributed by atoms with Crippen LogP contribution in [0.4, 0.5) is 11.5 Å². The number of rotatable bonds is 6. The molecule has 100 valence electrons. The molecule has 1 aromatic rings. The van der Waals surface area contributed by atoms with E-state index in [0.717, 1.165) is 12.4 Å². The van der Waals surface area contributed by atoms with Gasteiger partial charge in [0, 0.05) is 37.1 Å². The van der Waals surface area contributed by atoms with Crippen molar-refractivity contribution >= 4 is 11.5 Å². The number of aliphatic hydroxyl groups is 1. The largest absolute Gasteiger partial charge is 0.395 e. The molecular formula is C14H23N3O. The van der Waals surface area contributed by atoms with E-state index in [9.17, 15) is 5.11 Å². The van der Waals surface area contributed by atoms with Crippen LogP contribution >= 0.6 is 0 Å². The Kier molecular flexibility index (Phi) is 4.81. The second-order valence-electron chi connectivity index (χ2n) is 4.78. The number of aromatic nitrogens is 1. The molecule has 18 heavy (non-hydrogen) atoms. The lowest BCUT2D eigenvalue weighted by Gasteiger charge is -2.30. The maximum absolute atomic E-state index is 9.26. The van der Waals surface area contributed by atoms with Gasteiger partial charge in [0.05, 0.1) is 6.61 Å². The highest BCUT2D eigenvalue weighted by Crippen LogP contribution is 2.28. The summed E-state index contributed by atoms with van der Waals surface area (Å²) in [6, 6.07) is 4.70. The summed E-state index contributed by atoms with van der Waals surface area (Å²) in [6.07, 6.45) is 6.92. The predicted molar refractivity (Wildman–Crippen MR) is 75.1 cm³/mol. The van der Waals surface area contributed by atoms with Crippen LogP contribution in [0.1, 0.15) is 32.6 Å². The summed E-state index contributed by atoms with van der Waals surface area (Å²) >= 11 is 0.